The van der Waals surface area contributed by atoms with E-state index in [1.807, 2.05) is 24.3 Å². The lowest BCUT2D eigenvalue weighted by Gasteiger charge is -2.22. The highest BCUT2D eigenvalue weighted by Crippen LogP contribution is 2.34. The Morgan fingerprint density at radius 3 is 2.75 bits per heavy atom. The number of amides is 1. The summed E-state index contributed by atoms with van der Waals surface area (Å²) in [5, 5.41) is 4.08. The molecule has 5 nitrogen and oxygen atoms in total. The molecular weight excluding hydrogens is 425 g/mol. The molecule has 1 saturated heterocycles. The van der Waals surface area contributed by atoms with Gasteiger partial charge in [-0.25, -0.2) is 4.39 Å². The molecule has 144 valence electrons. The maximum absolute atomic E-state index is 14.2. The van der Waals surface area contributed by atoms with Crippen molar-refractivity contribution in [3.05, 3.63) is 69.8 Å². The third-order valence-corrected chi connectivity index (χ3v) is 5.52. The molecule has 0 aliphatic carbocycles. The quantitative estimate of drug-likeness (QED) is 0.552. The minimum Gasteiger partial charge on any atom is -0.337 e. The smallest absolute Gasteiger partial charge is 0.249 e. The van der Waals surface area contributed by atoms with Crippen LogP contribution in [0, 0.1) is 5.82 Å². The van der Waals surface area contributed by atoms with E-state index < -0.39 is 0 Å². The van der Waals surface area contributed by atoms with Gasteiger partial charge in [0.05, 0.1) is 0 Å². The highest BCUT2D eigenvalue weighted by molar-refractivity contribution is 9.10. The molecule has 1 aromatic heterocycles. The SMILES string of the molecule is CCc1ccc(-c2noc(C3CCC(=O)N3Cc3ccc(Br)cc3F)n2)cc1. The number of hydrogen-bond acceptors (Lipinski definition) is 4. The maximum Gasteiger partial charge on any atom is 0.249 e. The van der Waals surface area contributed by atoms with E-state index in [-0.39, 0.29) is 24.3 Å². The van der Waals surface area contributed by atoms with Crippen LogP contribution in [0.25, 0.3) is 11.4 Å². The Morgan fingerprint density at radius 1 is 1.25 bits per heavy atom. The molecule has 7 heteroatoms. The molecular formula is C21H19BrFN3O2. The summed E-state index contributed by atoms with van der Waals surface area (Å²) in [5.41, 5.74) is 2.55. The lowest BCUT2D eigenvalue weighted by Crippen LogP contribution is -2.27. The van der Waals surface area contributed by atoms with E-state index in [9.17, 15) is 9.18 Å². The first kappa shape index (κ1) is 18.8. The summed E-state index contributed by atoms with van der Waals surface area (Å²) in [6, 6.07) is 12.5. The van der Waals surface area contributed by atoms with Crippen LogP contribution in [-0.2, 0) is 17.8 Å². The van der Waals surface area contributed by atoms with Crippen molar-refractivity contribution >= 4 is 21.8 Å². The third-order valence-electron chi connectivity index (χ3n) is 5.03. The molecule has 3 aromatic rings. The number of aromatic nitrogens is 2. The van der Waals surface area contributed by atoms with Crippen molar-refractivity contribution in [2.75, 3.05) is 0 Å². The molecule has 1 atom stereocenters. The van der Waals surface area contributed by atoms with Crippen LogP contribution >= 0.6 is 15.9 Å². The number of carbonyl (C=O) groups is 1. The zero-order valence-corrected chi connectivity index (χ0v) is 16.9. The molecule has 2 heterocycles. The monoisotopic (exact) mass is 443 g/mol. The van der Waals surface area contributed by atoms with Crippen molar-refractivity contribution in [1.82, 2.24) is 15.0 Å². The highest BCUT2D eigenvalue weighted by Gasteiger charge is 2.36. The number of likely N-dealkylation sites (tertiary alicyclic amines) is 1. The average molecular weight is 444 g/mol. The first-order chi connectivity index (χ1) is 13.5. The number of benzene rings is 2. The predicted molar refractivity (Wildman–Crippen MR) is 106 cm³/mol. The van der Waals surface area contributed by atoms with Crippen molar-refractivity contribution in [3.8, 4) is 11.4 Å². The van der Waals surface area contributed by atoms with Gasteiger partial charge in [0.1, 0.15) is 11.9 Å². The van der Waals surface area contributed by atoms with Crippen LogP contribution in [0.15, 0.2) is 51.5 Å². The molecule has 4 rings (SSSR count). The fourth-order valence-corrected chi connectivity index (χ4v) is 3.73. The van der Waals surface area contributed by atoms with Gasteiger partial charge in [-0.3, -0.25) is 4.79 Å². The third kappa shape index (κ3) is 3.71. The topological polar surface area (TPSA) is 59.2 Å². The van der Waals surface area contributed by atoms with Gasteiger partial charge in [-0.15, -0.1) is 0 Å². The zero-order chi connectivity index (χ0) is 19.7. The molecule has 0 saturated carbocycles. The van der Waals surface area contributed by atoms with E-state index in [1.54, 1.807) is 17.0 Å². The fourth-order valence-electron chi connectivity index (χ4n) is 3.40. The first-order valence-electron chi connectivity index (χ1n) is 9.21. The highest BCUT2D eigenvalue weighted by atomic mass is 79.9. The van der Waals surface area contributed by atoms with Crippen LogP contribution in [0.4, 0.5) is 4.39 Å². The van der Waals surface area contributed by atoms with E-state index in [4.69, 9.17) is 4.52 Å². The lowest BCUT2D eigenvalue weighted by atomic mass is 10.1. The van der Waals surface area contributed by atoms with Gasteiger partial charge >= 0.3 is 0 Å². The number of halogens is 2. The number of rotatable bonds is 5. The first-order valence-corrected chi connectivity index (χ1v) is 10.0. The van der Waals surface area contributed by atoms with Crippen molar-refractivity contribution in [2.45, 2.75) is 38.8 Å². The number of aryl methyl sites for hydroxylation is 1. The molecule has 1 amide bonds. The van der Waals surface area contributed by atoms with Crippen molar-refractivity contribution in [1.29, 1.82) is 0 Å². The van der Waals surface area contributed by atoms with Crippen LogP contribution in [0.2, 0.25) is 0 Å². The summed E-state index contributed by atoms with van der Waals surface area (Å²) in [6.45, 7) is 2.27. The van der Waals surface area contributed by atoms with Crippen LogP contribution in [0.1, 0.15) is 42.8 Å². The van der Waals surface area contributed by atoms with Gasteiger partial charge in [0.2, 0.25) is 17.6 Å². The summed E-state index contributed by atoms with van der Waals surface area (Å²) >= 11 is 3.25. The minimum atomic E-state index is -0.352. The molecule has 2 aromatic carbocycles. The molecule has 1 fully saturated rings. The maximum atomic E-state index is 14.2. The normalized spacial score (nSPS) is 16.8. The molecule has 1 aliphatic rings. The summed E-state index contributed by atoms with van der Waals surface area (Å²) in [7, 11) is 0. The Balaban J connectivity index is 1.57. The van der Waals surface area contributed by atoms with Gasteiger partial charge in [-0.2, -0.15) is 4.98 Å². The van der Waals surface area contributed by atoms with Crippen molar-refractivity contribution in [2.24, 2.45) is 0 Å². The van der Waals surface area contributed by atoms with E-state index >= 15 is 0 Å². The molecule has 28 heavy (non-hydrogen) atoms. The Morgan fingerprint density at radius 2 is 2.04 bits per heavy atom. The van der Waals surface area contributed by atoms with E-state index in [0.29, 0.717) is 34.6 Å². The van der Waals surface area contributed by atoms with Crippen LogP contribution in [0.5, 0.6) is 0 Å². The van der Waals surface area contributed by atoms with Gasteiger partial charge in [0, 0.05) is 28.6 Å². The van der Waals surface area contributed by atoms with Gasteiger partial charge in [-0.1, -0.05) is 58.3 Å². The van der Waals surface area contributed by atoms with Gasteiger partial charge in [0.15, 0.2) is 0 Å². The summed E-state index contributed by atoms with van der Waals surface area (Å²) in [6.07, 6.45) is 1.92. The van der Waals surface area contributed by atoms with Gasteiger partial charge < -0.3 is 9.42 Å². The zero-order valence-electron chi connectivity index (χ0n) is 15.4. The second kappa shape index (κ2) is 7.83. The summed E-state index contributed by atoms with van der Waals surface area (Å²) in [4.78, 5) is 18.5. The van der Waals surface area contributed by atoms with Crippen LogP contribution < -0.4 is 0 Å². The largest absolute Gasteiger partial charge is 0.337 e. The van der Waals surface area contributed by atoms with Gasteiger partial charge in [0.25, 0.3) is 0 Å². The Kier molecular flexibility index (Phi) is 5.26. The summed E-state index contributed by atoms with van der Waals surface area (Å²) in [5.74, 6) is 0.485. The second-order valence-electron chi connectivity index (χ2n) is 6.82. The number of carbonyl (C=O) groups excluding carboxylic acids is 1. The molecule has 0 bridgehead atoms. The number of hydrogen-bond donors (Lipinski definition) is 0. The predicted octanol–water partition coefficient (Wildman–Crippen LogP) is 5.06. The second-order valence-corrected chi connectivity index (χ2v) is 7.73. The molecule has 0 radical (unpaired) electrons. The average Bonchev–Trinajstić information content (AvgIpc) is 3.31. The number of nitrogens with zero attached hydrogens (tertiary/aromatic N) is 3. The van der Waals surface area contributed by atoms with Crippen LogP contribution in [-0.4, -0.2) is 20.9 Å². The van der Waals surface area contributed by atoms with Crippen molar-refractivity contribution in [3.63, 3.8) is 0 Å². The van der Waals surface area contributed by atoms with Crippen LogP contribution in [0.3, 0.4) is 0 Å². The van der Waals surface area contributed by atoms with E-state index in [1.165, 1.54) is 11.6 Å². The minimum absolute atomic E-state index is 0.0423. The molecule has 1 unspecified atom stereocenters. The van der Waals surface area contributed by atoms with Gasteiger partial charge in [-0.05, 0) is 30.5 Å². The van der Waals surface area contributed by atoms with E-state index in [0.717, 1.165) is 12.0 Å². The fraction of sp³-hybridized carbons (Fsp3) is 0.286. The molecule has 0 N–H and O–H groups in total. The Hall–Kier alpha value is -2.54. The lowest BCUT2D eigenvalue weighted by molar-refractivity contribution is -0.130. The molecule has 1 aliphatic heterocycles. The van der Waals surface area contributed by atoms with E-state index in [2.05, 4.69) is 33.0 Å². The summed E-state index contributed by atoms with van der Waals surface area (Å²) < 4.78 is 20.4. The standard InChI is InChI=1S/C21H19BrFN3O2/c1-2-13-3-5-14(6-4-13)20-24-21(28-25-20)18-9-10-19(27)26(18)12-15-7-8-16(22)11-17(15)23/h3-8,11,18H,2,9-10,12H2,1H3. The molecule has 0 spiro atoms. The Bertz CT molecular complexity index is 1000. The Labute approximate surface area is 170 Å². The van der Waals surface area contributed by atoms with Crippen molar-refractivity contribution < 1.29 is 13.7 Å².